The van der Waals surface area contributed by atoms with E-state index in [0.717, 1.165) is 53.8 Å². The fourth-order valence-corrected chi connectivity index (χ4v) is 7.47. The predicted molar refractivity (Wildman–Crippen MR) is 192 cm³/mol. The van der Waals surface area contributed by atoms with Gasteiger partial charge in [-0.25, -0.2) is 4.39 Å². The van der Waals surface area contributed by atoms with Crippen LogP contribution in [0.25, 0.3) is 53.8 Å². The molecule has 0 saturated heterocycles. The van der Waals surface area contributed by atoms with Crippen molar-refractivity contribution in [1.82, 2.24) is 9.97 Å². The van der Waals surface area contributed by atoms with E-state index in [4.69, 9.17) is 1.37 Å². The van der Waals surface area contributed by atoms with Gasteiger partial charge in [0.05, 0.1) is 8.07 Å². The van der Waals surface area contributed by atoms with Crippen LogP contribution < -0.4 is 5.19 Å². The zero-order chi connectivity index (χ0) is 32.5. The van der Waals surface area contributed by atoms with Crippen LogP contribution in [-0.2, 0) is 20.1 Å². The third kappa shape index (κ3) is 7.27. The summed E-state index contributed by atoms with van der Waals surface area (Å²) in [5, 5.41) is 3.49. The maximum Gasteiger partial charge on any atom is 0.132 e. The van der Waals surface area contributed by atoms with Crippen LogP contribution in [0.15, 0.2) is 116 Å². The van der Waals surface area contributed by atoms with Crippen LogP contribution in [0.4, 0.5) is 4.39 Å². The van der Waals surface area contributed by atoms with E-state index in [0.29, 0.717) is 5.56 Å². The Bertz CT molecular complexity index is 2120. The molecule has 0 aliphatic rings. The molecule has 0 fully saturated rings. The average molecular weight is 816 g/mol. The van der Waals surface area contributed by atoms with Gasteiger partial charge in [-0.15, -0.1) is 59.7 Å². The number of hydrogen-bond acceptors (Lipinski definition) is 3. The number of rotatable bonds is 5. The van der Waals surface area contributed by atoms with E-state index >= 15 is 0 Å². The molecule has 2 nitrogen and oxygen atoms in total. The molecule has 4 aromatic carbocycles. The normalized spacial score (nSPS) is 11.8. The monoisotopic (exact) mass is 816 g/mol. The molecule has 1 radical (unpaired) electrons. The Kier molecular flexibility index (Phi) is 10.0. The number of thiophene rings is 1. The molecule has 7 aromatic rings. The maximum absolute atomic E-state index is 14.9. The molecule has 3 heterocycles. The molecular formula is C40H35FIrN2SSi-2. The second-order valence-corrected chi connectivity index (χ2v) is 18.4. The van der Waals surface area contributed by atoms with Crippen molar-refractivity contribution in [2.45, 2.75) is 39.4 Å². The minimum atomic E-state index is -1.23. The molecule has 0 atom stereocenters. The predicted octanol–water partition coefficient (Wildman–Crippen LogP) is 10.9. The first kappa shape index (κ1) is 32.1. The smallest absolute Gasteiger partial charge is 0.132 e. The molecule has 0 N–H and O–H groups in total. The second-order valence-electron chi connectivity index (χ2n) is 12.3. The number of pyridine rings is 2. The van der Waals surface area contributed by atoms with Crippen LogP contribution in [0, 0.1) is 17.9 Å². The molecule has 7 rings (SSSR count). The molecule has 46 heavy (non-hydrogen) atoms. The maximum atomic E-state index is 14.9. The molecule has 3 aromatic heterocycles. The van der Waals surface area contributed by atoms with Crippen molar-refractivity contribution in [3.8, 4) is 33.6 Å². The van der Waals surface area contributed by atoms with Crippen molar-refractivity contribution in [2.24, 2.45) is 0 Å². The number of halogens is 1. The van der Waals surface area contributed by atoms with Gasteiger partial charge < -0.3 is 9.97 Å². The van der Waals surface area contributed by atoms with Crippen LogP contribution in [0.5, 0.6) is 0 Å². The number of nitrogens with zero attached hydrogens (tertiary/aromatic N) is 2. The van der Waals surface area contributed by atoms with Crippen LogP contribution in [0.2, 0.25) is 19.6 Å². The third-order valence-electron chi connectivity index (χ3n) is 7.81. The van der Waals surface area contributed by atoms with Gasteiger partial charge in [0.15, 0.2) is 0 Å². The first-order valence-electron chi connectivity index (χ1n) is 15.5. The first-order valence-corrected chi connectivity index (χ1v) is 19.3. The summed E-state index contributed by atoms with van der Waals surface area (Å²) in [6, 6.07) is 39.7. The second kappa shape index (κ2) is 14.3. The molecule has 6 heteroatoms. The summed E-state index contributed by atoms with van der Waals surface area (Å²) in [4.78, 5) is 9.06. The molecule has 0 aliphatic heterocycles. The minimum Gasteiger partial charge on any atom is -0.305 e. The summed E-state index contributed by atoms with van der Waals surface area (Å²) in [6.45, 7) is 10.7. The number of fused-ring (bicyclic) bond motifs is 3. The van der Waals surface area contributed by atoms with Gasteiger partial charge in [-0.05, 0) is 56.3 Å². The largest absolute Gasteiger partial charge is 0.305 e. The number of benzene rings is 4. The van der Waals surface area contributed by atoms with E-state index in [1.165, 1.54) is 5.19 Å². The fraction of sp³-hybridized carbons (Fsp3) is 0.150. The van der Waals surface area contributed by atoms with E-state index in [1.54, 1.807) is 23.6 Å². The van der Waals surface area contributed by atoms with E-state index in [1.807, 2.05) is 105 Å². The Hall–Kier alpha value is -3.80. The van der Waals surface area contributed by atoms with Gasteiger partial charge in [-0.1, -0.05) is 93.0 Å². The SMILES string of the molecule is C[Si](C)(C)c1ccc(-c2[c-]cccc2)nc1.[2H]C(C)(C)c1ccnc(-c2[c-]ccc3c2sc2cc(F)c(-c4ccccc4)cc23)c1.[Ir]. The Morgan fingerprint density at radius 1 is 0.804 bits per heavy atom. The Morgan fingerprint density at radius 3 is 2.26 bits per heavy atom. The minimum absolute atomic E-state index is 0. The van der Waals surface area contributed by atoms with Gasteiger partial charge in [0.25, 0.3) is 0 Å². The quantitative estimate of drug-likeness (QED) is 0.128. The molecule has 0 bridgehead atoms. The van der Waals surface area contributed by atoms with Crippen LogP contribution in [-0.4, -0.2) is 18.0 Å². The van der Waals surface area contributed by atoms with Gasteiger partial charge in [-0.3, -0.25) is 0 Å². The Balaban J connectivity index is 0.000000217. The van der Waals surface area contributed by atoms with E-state index in [2.05, 4.69) is 53.9 Å². The molecule has 233 valence electrons. The van der Waals surface area contributed by atoms with E-state index in [-0.39, 0.29) is 25.9 Å². The molecule has 0 aliphatic carbocycles. The van der Waals surface area contributed by atoms with Crippen LogP contribution >= 0.6 is 11.3 Å². The van der Waals surface area contributed by atoms with Gasteiger partial charge in [0.2, 0.25) is 0 Å². The molecule has 0 unspecified atom stereocenters. The summed E-state index contributed by atoms with van der Waals surface area (Å²) < 4.78 is 25.2. The van der Waals surface area contributed by atoms with Crippen molar-refractivity contribution in [3.05, 3.63) is 139 Å². The van der Waals surface area contributed by atoms with Crippen molar-refractivity contribution >= 4 is 44.8 Å². The zero-order valence-electron chi connectivity index (χ0n) is 27.5. The Morgan fingerprint density at radius 2 is 1.59 bits per heavy atom. The topological polar surface area (TPSA) is 25.8 Å². The van der Waals surface area contributed by atoms with Gasteiger partial charge in [-0.2, -0.15) is 11.3 Å². The Labute approximate surface area is 291 Å². The molecule has 0 saturated carbocycles. The standard InChI is InChI=1S/C26H19FNS.C14H16NSi.Ir/c1-16(2)18-11-12-28-24(13-18)20-10-6-9-19-22-14-21(17-7-4-3-5-8-17)23(27)15-25(22)29-26(19)20;1-16(2,3)13-9-10-14(15-11-13)12-7-5-4-6-8-12;/h3-9,11-16H,1-2H3;4-7,9-11H,1-3H3;/q2*-1;/i16D;;. The number of aromatic nitrogens is 2. The fourth-order valence-electron chi connectivity index (χ4n) is 5.22. The zero-order valence-corrected chi connectivity index (χ0v) is 30.7. The van der Waals surface area contributed by atoms with Gasteiger partial charge in [0.1, 0.15) is 5.82 Å². The molecule has 0 amide bonds. The van der Waals surface area contributed by atoms with E-state index in [9.17, 15) is 4.39 Å². The summed E-state index contributed by atoms with van der Waals surface area (Å²) in [5.41, 5.74) is 6.11. The summed E-state index contributed by atoms with van der Waals surface area (Å²) in [6.07, 6.45) is 3.76. The summed E-state index contributed by atoms with van der Waals surface area (Å²) in [5.74, 6) is -0.929. The van der Waals surface area contributed by atoms with E-state index < -0.39 is 14.0 Å². The van der Waals surface area contributed by atoms with Crippen molar-refractivity contribution in [3.63, 3.8) is 0 Å². The molecular weight excluding hydrogens is 780 g/mol. The molecule has 0 spiro atoms. The summed E-state index contributed by atoms with van der Waals surface area (Å²) >= 11 is 1.56. The van der Waals surface area contributed by atoms with Crippen LogP contribution in [0.3, 0.4) is 0 Å². The van der Waals surface area contributed by atoms with Crippen molar-refractivity contribution in [1.29, 1.82) is 0 Å². The van der Waals surface area contributed by atoms with Gasteiger partial charge >= 0.3 is 0 Å². The third-order valence-corrected chi connectivity index (χ3v) is 11.0. The van der Waals surface area contributed by atoms with Gasteiger partial charge in [0, 0.05) is 44.1 Å². The van der Waals surface area contributed by atoms with Crippen LogP contribution in [0.1, 0.15) is 26.7 Å². The van der Waals surface area contributed by atoms with Crippen molar-refractivity contribution in [2.75, 3.05) is 0 Å². The first-order chi connectivity index (χ1) is 22.0. The summed E-state index contributed by atoms with van der Waals surface area (Å²) in [7, 11) is -1.23. The van der Waals surface area contributed by atoms with Crippen molar-refractivity contribution < 1.29 is 25.9 Å². The average Bonchev–Trinajstić information content (AvgIpc) is 3.42. The number of hydrogen-bond donors (Lipinski definition) is 0.